The molecule has 2 rings (SSSR count). The van der Waals surface area contributed by atoms with E-state index in [2.05, 4.69) is 15.6 Å². The summed E-state index contributed by atoms with van der Waals surface area (Å²) in [4.78, 5) is 15.3. The van der Waals surface area contributed by atoms with Gasteiger partial charge in [0.05, 0.1) is 0 Å². The van der Waals surface area contributed by atoms with E-state index in [1.807, 2.05) is 0 Å². The molecule has 0 fully saturated rings. The first-order valence-electron chi connectivity index (χ1n) is 6.17. The van der Waals surface area contributed by atoms with Crippen LogP contribution in [-0.4, -0.2) is 22.7 Å². The van der Waals surface area contributed by atoms with Crippen molar-refractivity contribution in [2.45, 2.75) is 6.42 Å². The number of nitrogens with zero attached hydrogens (tertiary/aromatic N) is 1. The van der Waals surface area contributed by atoms with Gasteiger partial charge in [0.1, 0.15) is 0 Å². The third-order valence-corrected chi connectivity index (χ3v) is 2.92. The highest BCUT2D eigenvalue weighted by Gasteiger charge is 2.08. The summed E-state index contributed by atoms with van der Waals surface area (Å²) in [6, 6.07) is 7.01. The lowest BCUT2D eigenvalue weighted by molar-refractivity contribution is 0.262. The molecule has 1 aromatic heterocycles. The quantitative estimate of drug-likeness (QED) is 0.760. The monoisotopic (exact) mass is 309 g/mol. The van der Waals surface area contributed by atoms with Crippen LogP contribution in [-0.2, 0) is 6.42 Å². The predicted molar refractivity (Wildman–Crippen MR) is 79.1 cm³/mol. The Bertz CT molecular complexity index is 652. The van der Waals surface area contributed by atoms with Gasteiger partial charge in [-0.15, -0.1) is 0 Å². The van der Waals surface area contributed by atoms with Gasteiger partial charge in [0, 0.05) is 35.3 Å². The lowest BCUT2D eigenvalue weighted by atomic mass is 10.1. The molecular formula is C14H13ClFN3O2. The van der Waals surface area contributed by atoms with Gasteiger partial charge < -0.3 is 15.7 Å². The van der Waals surface area contributed by atoms with Crippen molar-refractivity contribution in [3.8, 4) is 0 Å². The highest BCUT2D eigenvalue weighted by atomic mass is 35.5. The Morgan fingerprint density at radius 3 is 2.81 bits per heavy atom. The summed E-state index contributed by atoms with van der Waals surface area (Å²) in [7, 11) is 0. The smallest absolute Gasteiger partial charge is 0.323 e. The Morgan fingerprint density at radius 2 is 2.10 bits per heavy atom. The molecule has 0 saturated heterocycles. The first kappa shape index (κ1) is 15.2. The number of hydrogen-bond acceptors (Lipinski definition) is 3. The molecule has 1 heterocycles. The first-order chi connectivity index (χ1) is 10.1. The van der Waals surface area contributed by atoms with Gasteiger partial charge >= 0.3 is 6.03 Å². The van der Waals surface area contributed by atoms with Gasteiger partial charge in [-0.2, -0.15) is 4.39 Å². The third kappa shape index (κ3) is 4.40. The predicted octanol–water partition coefficient (Wildman–Crippen LogP) is 3.05. The molecule has 3 N–H and O–H groups in total. The van der Waals surface area contributed by atoms with E-state index < -0.39 is 12.0 Å². The van der Waals surface area contributed by atoms with Gasteiger partial charge in [0.25, 0.3) is 0 Å². The van der Waals surface area contributed by atoms with Gasteiger partial charge in [-0.25, -0.2) is 9.78 Å². The maximum Gasteiger partial charge on any atom is 0.323 e. The van der Waals surface area contributed by atoms with E-state index in [1.165, 1.54) is 12.3 Å². The van der Waals surface area contributed by atoms with Gasteiger partial charge in [-0.3, -0.25) is 0 Å². The second kappa shape index (κ2) is 7.01. The second-order valence-electron chi connectivity index (χ2n) is 4.22. The number of aliphatic hydroxyl groups excluding tert-OH is 1. The molecule has 21 heavy (non-hydrogen) atoms. The number of rotatable bonds is 4. The molecule has 0 saturated carbocycles. The molecule has 2 amide bonds. The van der Waals surface area contributed by atoms with E-state index in [0.29, 0.717) is 17.1 Å². The van der Waals surface area contributed by atoms with Crippen molar-refractivity contribution >= 4 is 29.0 Å². The van der Waals surface area contributed by atoms with Crippen molar-refractivity contribution in [3.05, 3.63) is 53.1 Å². The molecule has 1 aromatic carbocycles. The SMILES string of the molecule is O=C(Nc1ccnc(F)c1)Nc1cc(Cl)ccc1CCO. The van der Waals surface area contributed by atoms with Gasteiger partial charge in [0.2, 0.25) is 5.95 Å². The van der Waals surface area contributed by atoms with E-state index in [9.17, 15) is 9.18 Å². The Morgan fingerprint density at radius 1 is 1.29 bits per heavy atom. The zero-order valence-corrected chi connectivity index (χ0v) is 11.7. The number of halogens is 2. The molecule has 0 spiro atoms. The maximum atomic E-state index is 12.9. The van der Waals surface area contributed by atoms with Crippen LogP contribution in [0.1, 0.15) is 5.56 Å². The summed E-state index contributed by atoms with van der Waals surface area (Å²) in [5, 5.41) is 14.6. The van der Waals surface area contributed by atoms with Gasteiger partial charge in [-0.1, -0.05) is 17.7 Å². The Balaban J connectivity index is 2.10. The molecule has 110 valence electrons. The number of amides is 2. The van der Waals surface area contributed by atoms with Crippen molar-refractivity contribution in [3.63, 3.8) is 0 Å². The molecule has 0 unspecified atom stereocenters. The number of pyridine rings is 1. The summed E-state index contributed by atoms with van der Waals surface area (Å²) >= 11 is 5.89. The fraction of sp³-hybridized carbons (Fsp3) is 0.143. The molecule has 0 atom stereocenters. The average Bonchev–Trinajstić information content (AvgIpc) is 2.42. The maximum absolute atomic E-state index is 12.9. The van der Waals surface area contributed by atoms with Crippen LogP contribution < -0.4 is 10.6 Å². The van der Waals surface area contributed by atoms with Crippen LogP contribution in [0.15, 0.2) is 36.5 Å². The van der Waals surface area contributed by atoms with Crippen LogP contribution in [0, 0.1) is 5.95 Å². The van der Waals surface area contributed by atoms with E-state index in [-0.39, 0.29) is 12.3 Å². The number of anilines is 2. The van der Waals surface area contributed by atoms with Crippen LogP contribution in [0.3, 0.4) is 0 Å². The highest BCUT2D eigenvalue weighted by Crippen LogP contribution is 2.22. The first-order valence-corrected chi connectivity index (χ1v) is 6.55. The van der Waals surface area contributed by atoms with Gasteiger partial charge in [-0.05, 0) is 30.2 Å². The summed E-state index contributed by atoms with van der Waals surface area (Å²) in [5.74, 6) is -0.684. The molecule has 0 aliphatic carbocycles. The number of hydrogen-bond donors (Lipinski definition) is 3. The molecular weight excluding hydrogens is 297 g/mol. The topological polar surface area (TPSA) is 74.2 Å². The summed E-state index contributed by atoms with van der Waals surface area (Å²) < 4.78 is 12.9. The molecule has 7 heteroatoms. The molecule has 0 aliphatic rings. The minimum Gasteiger partial charge on any atom is -0.396 e. The standard InChI is InChI=1S/C14H13ClFN3O2/c15-10-2-1-9(4-6-20)12(7-10)19-14(21)18-11-3-5-17-13(16)8-11/h1-3,5,7-8,20H,4,6H2,(H2,17,18,19,21). The zero-order chi connectivity index (χ0) is 15.2. The zero-order valence-electron chi connectivity index (χ0n) is 10.9. The van der Waals surface area contributed by atoms with Crippen LogP contribution in [0.4, 0.5) is 20.6 Å². The minimum atomic E-state index is -0.684. The Hall–Kier alpha value is -2.18. The number of benzene rings is 1. The lowest BCUT2D eigenvalue weighted by Crippen LogP contribution is -2.20. The van der Waals surface area contributed by atoms with Gasteiger partial charge in [0.15, 0.2) is 0 Å². The molecule has 2 aromatic rings. The number of carbonyl (C=O) groups is 1. The van der Waals surface area contributed by atoms with Crippen molar-refractivity contribution in [2.75, 3.05) is 17.2 Å². The fourth-order valence-electron chi connectivity index (χ4n) is 1.77. The lowest BCUT2D eigenvalue weighted by Gasteiger charge is -2.12. The van der Waals surface area contributed by atoms with Crippen molar-refractivity contribution in [2.24, 2.45) is 0 Å². The fourth-order valence-corrected chi connectivity index (χ4v) is 1.94. The van der Waals surface area contributed by atoms with E-state index in [4.69, 9.17) is 16.7 Å². The van der Waals surface area contributed by atoms with Crippen LogP contribution in [0.5, 0.6) is 0 Å². The number of urea groups is 1. The van der Waals surface area contributed by atoms with E-state index >= 15 is 0 Å². The van der Waals surface area contributed by atoms with Crippen LogP contribution >= 0.6 is 11.6 Å². The summed E-state index contributed by atoms with van der Waals surface area (Å²) in [6.07, 6.45) is 1.64. The van der Waals surface area contributed by atoms with Crippen molar-refractivity contribution < 1.29 is 14.3 Å². The Kier molecular flexibility index (Phi) is 5.08. The summed E-state index contributed by atoms with van der Waals surface area (Å²) in [6.45, 7) is -0.0481. The highest BCUT2D eigenvalue weighted by molar-refractivity contribution is 6.31. The van der Waals surface area contributed by atoms with E-state index in [0.717, 1.165) is 11.6 Å². The molecule has 0 radical (unpaired) electrons. The number of aliphatic hydroxyl groups is 1. The normalized spacial score (nSPS) is 10.2. The van der Waals surface area contributed by atoms with Crippen LogP contribution in [0.25, 0.3) is 0 Å². The average molecular weight is 310 g/mol. The minimum absolute atomic E-state index is 0.0481. The van der Waals surface area contributed by atoms with Crippen molar-refractivity contribution in [1.82, 2.24) is 4.98 Å². The summed E-state index contributed by atoms with van der Waals surface area (Å²) in [5.41, 5.74) is 1.52. The molecule has 5 nitrogen and oxygen atoms in total. The second-order valence-corrected chi connectivity index (χ2v) is 4.66. The molecule has 0 bridgehead atoms. The number of nitrogens with one attached hydrogen (secondary N) is 2. The third-order valence-electron chi connectivity index (χ3n) is 2.69. The Labute approximate surface area is 125 Å². The molecule has 0 aliphatic heterocycles. The number of aromatic nitrogens is 1. The van der Waals surface area contributed by atoms with Crippen molar-refractivity contribution in [1.29, 1.82) is 0 Å². The van der Waals surface area contributed by atoms with Crippen LogP contribution in [0.2, 0.25) is 5.02 Å². The number of carbonyl (C=O) groups excluding carboxylic acids is 1. The van der Waals surface area contributed by atoms with E-state index in [1.54, 1.807) is 18.2 Å². The largest absolute Gasteiger partial charge is 0.396 e.